The van der Waals surface area contributed by atoms with Gasteiger partial charge in [-0.1, -0.05) is 0 Å². The molecule has 20 heavy (non-hydrogen) atoms. The third-order valence-electron chi connectivity index (χ3n) is 9.70. The van der Waals surface area contributed by atoms with Crippen LogP contribution in [0.4, 0.5) is 0 Å². The van der Waals surface area contributed by atoms with Gasteiger partial charge in [-0.25, -0.2) is 0 Å². The Labute approximate surface area is 119 Å². The molecule has 2 aliphatic heterocycles. The van der Waals surface area contributed by atoms with Gasteiger partial charge >= 0.3 is 0 Å². The van der Waals surface area contributed by atoms with Crippen LogP contribution in [0.15, 0.2) is 0 Å². The molecule has 106 valence electrons. The van der Waals surface area contributed by atoms with Crippen LogP contribution in [0.25, 0.3) is 0 Å². The monoisotopic (exact) mass is 270 g/mol. The Hall–Kier alpha value is -0.0800. The van der Waals surface area contributed by atoms with E-state index < -0.39 is 0 Å². The van der Waals surface area contributed by atoms with Crippen LogP contribution in [0.5, 0.6) is 0 Å². The van der Waals surface area contributed by atoms with E-state index in [4.69, 9.17) is 9.47 Å². The largest absolute Gasteiger partial charge is 0.374 e. The molecule has 0 aromatic rings. The summed E-state index contributed by atoms with van der Waals surface area (Å²) in [7, 11) is 0. The number of ether oxygens (including phenoxy) is 2. The summed E-state index contributed by atoms with van der Waals surface area (Å²) in [6, 6.07) is 0. The molecule has 0 unspecified atom stereocenters. The van der Waals surface area contributed by atoms with Crippen molar-refractivity contribution in [1.29, 1.82) is 0 Å². The fourth-order valence-corrected chi connectivity index (χ4v) is 10.0. The topological polar surface area (TPSA) is 18.5 Å². The van der Waals surface area contributed by atoms with Gasteiger partial charge in [-0.15, -0.1) is 0 Å². The summed E-state index contributed by atoms with van der Waals surface area (Å²) in [6.07, 6.45) is 8.39. The molecule has 2 nitrogen and oxygen atoms in total. The SMILES string of the molecule is C1C[C@@H]2O[C@H]3[C@H]4[C@H]5[C@H]6[C@@H]7[C@H](O[C@@H]8CC[C@@H]([C@H]36)[C@@H]78)[C@@H]5[C@H]1[C@@H]42. The maximum Gasteiger partial charge on any atom is 0.0647 e. The minimum Gasteiger partial charge on any atom is -0.374 e. The molecule has 6 aliphatic carbocycles. The summed E-state index contributed by atoms with van der Waals surface area (Å²) in [4.78, 5) is 0. The highest BCUT2D eigenvalue weighted by Gasteiger charge is 2.82. The molecule has 8 aliphatic rings. The van der Waals surface area contributed by atoms with E-state index in [1.54, 1.807) is 0 Å². The van der Waals surface area contributed by atoms with E-state index in [0.29, 0.717) is 24.4 Å². The summed E-state index contributed by atoms with van der Waals surface area (Å²) >= 11 is 0. The molecule has 0 aromatic carbocycles. The quantitative estimate of drug-likeness (QED) is 0.672. The number of hydrogen-bond acceptors (Lipinski definition) is 2. The second kappa shape index (κ2) is 2.65. The lowest BCUT2D eigenvalue weighted by atomic mass is 9.79. The van der Waals surface area contributed by atoms with Crippen molar-refractivity contribution in [2.75, 3.05) is 0 Å². The molecule has 0 N–H and O–H groups in total. The summed E-state index contributed by atoms with van der Waals surface area (Å²) in [6.45, 7) is 0. The minimum absolute atomic E-state index is 0.663. The van der Waals surface area contributed by atoms with Crippen molar-refractivity contribution in [3.63, 3.8) is 0 Å². The molecule has 0 amide bonds. The normalized spacial score (nSPS) is 82.8. The molecule has 8 fully saturated rings. The van der Waals surface area contributed by atoms with Crippen molar-refractivity contribution in [3.05, 3.63) is 0 Å². The van der Waals surface area contributed by atoms with Crippen molar-refractivity contribution in [2.45, 2.75) is 50.1 Å². The minimum atomic E-state index is 0.663. The number of rotatable bonds is 0. The predicted octanol–water partition coefficient (Wildman–Crippen LogP) is 2.33. The average molecular weight is 270 g/mol. The lowest BCUT2D eigenvalue weighted by Gasteiger charge is -2.25. The highest BCUT2D eigenvalue weighted by atomic mass is 16.5. The van der Waals surface area contributed by atoms with Crippen LogP contribution >= 0.6 is 0 Å². The van der Waals surface area contributed by atoms with E-state index in [0.717, 1.165) is 59.2 Å². The maximum absolute atomic E-state index is 6.71. The van der Waals surface area contributed by atoms with E-state index in [1.807, 2.05) is 0 Å². The Morgan fingerprint density at radius 1 is 0.450 bits per heavy atom. The van der Waals surface area contributed by atoms with Crippen molar-refractivity contribution >= 4 is 0 Å². The molecule has 2 saturated heterocycles. The highest BCUT2D eigenvalue weighted by Crippen LogP contribution is 2.81. The summed E-state index contributed by atoms with van der Waals surface area (Å²) < 4.78 is 13.4. The highest BCUT2D eigenvalue weighted by molar-refractivity contribution is 5.29. The van der Waals surface area contributed by atoms with Gasteiger partial charge in [0.1, 0.15) is 0 Å². The summed E-state index contributed by atoms with van der Waals surface area (Å²) in [5.41, 5.74) is 0. The molecule has 0 aromatic heterocycles. The first-order chi connectivity index (χ1) is 9.93. The Kier molecular flexibility index (Phi) is 1.30. The van der Waals surface area contributed by atoms with Gasteiger partial charge in [0.25, 0.3) is 0 Å². The predicted molar refractivity (Wildman–Crippen MR) is 70.7 cm³/mol. The van der Waals surface area contributed by atoms with E-state index in [-0.39, 0.29) is 0 Å². The van der Waals surface area contributed by atoms with Crippen LogP contribution in [-0.2, 0) is 9.47 Å². The zero-order valence-corrected chi connectivity index (χ0v) is 11.7. The Bertz CT molecular complexity index is 494. The van der Waals surface area contributed by atoms with E-state index in [2.05, 4.69) is 0 Å². The molecule has 14 atom stereocenters. The van der Waals surface area contributed by atoms with Crippen molar-refractivity contribution in [3.8, 4) is 0 Å². The second-order valence-corrected chi connectivity index (χ2v) is 9.38. The standard InChI is InChI=1S/C18H22O2/c1-3-7-9-5(1)11-13-14-12(18(19-7)15(9)13)6-2-4-8-10(6)16(14)17(11)20-8/h5-18H,1-4H2/t5-,6-,7-,8+,9-,10-,11+,12-,13+,14-,15-,16-,17-,18-/m1/s1. The third-order valence-corrected chi connectivity index (χ3v) is 9.70. The van der Waals surface area contributed by atoms with Gasteiger partial charge in [-0.2, -0.15) is 0 Å². The van der Waals surface area contributed by atoms with Gasteiger partial charge in [0.15, 0.2) is 0 Å². The van der Waals surface area contributed by atoms with Crippen LogP contribution in [0.1, 0.15) is 25.7 Å². The fraction of sp³-hybridized carbons (Fsp3) is 1.00. The third kappa shape index (κ3) is 0.695. The second-order valence-electron chi connectivity index (χ2n) is 9.38. The van der Waals surface area contributed by atoms with Crippen LogP contribution in [0, 0.1) is 59.2 Å². The van der Waals surface area contributed by atoms with Crippen LogP contribution in [0.3, 0.4) is 0 Å². The van der Waals surface area contributed by atoms with Gasteiger partial charge in [0.2, 0.25) is 0 Å². The van der Waals surface area contributed by atoms with Crippen LogP contribution in [-0.4, -0.2) is 24.4 Å². The molecule has 0 bridgehead atoms. The van der Waals surface area contributed by atoms with Crippen molar-refractivity contribution in [1.82, 2.24) is 0 Å². The molecule has 0 spiro atoms. The van der Waals surface area contributed by atoms with E-state index in [9.17, 15) is 0 Å². The maximum atomic E-state index is 6.71. The first kappa shape index (κ1) is 9.84. The lowest BCUT2D eigenvalue weighted by molar-refractivity contribution is -0.0316. The first-order valence-electron chi connectivity index (χ1n) is 9.24. The van der Waals surface area contributed by atoms with Crippen molar-refractivity contribution < 1.29 is 9.47 Å². The van der Waals surface area contributed by atoms with Gasteiger partial charge in [-0.05, 0) is 84.9 Å². The lowest BCUT2D eigenvalue weighted by Crippen LogP contribution is -2.28. The fourth-order valence-electron chi connectivity index (χ4n) is 10.0. The van der Waals surface area contributed by atoms with Gasteiger partial charge in [0, 0.05) is 0 Å². The molecule has 2 heterocycles. The van der Waals surface area contributed by atoms with E-state index in [1.165, 1.54) is 25.7 Å². The smallest absolute Gasteiger partial charge is 0.0647 e. The summed E-state index contributed by atoms with van der Waals surface area (Å²) in [5, 5.41) is 0. The Morgan fingerprint density at radius 3 is 1.45 bits per heavy atom. The van der Waals surface area contributed by atoms with Crippen LogP contribution < -0.4 is 0 Å². The van der Waals surface area contributed by atoms with E-state index >= 15 is 0 Å². The molecule has 2 heteroatoms. The van der Waals surface area contributed by atoms with Crippen molar-refractivity contribution in [2.24, 2.45) is 59.2 Å². The molecule has 6 saturated carbocycles. The number of fused-ring (bicyclic) bond motifs is 4. The van der Waals surface area contributed by atoms with Crippen LogP contribution in [0.2, 0.25) is 0 Å². The zero-order chi connectivity index (χ0) is 12.3. The zero-order valence-electron chi connectivity index (χ0n) is 11.7. The molecule has 8 rings (SSSR count). The molecular weight excluding hydrogens is 248 g/mol. The first-order valence-corrected chi connectivity index (χ1v) is 9.24. The Balaban J connectivity index is 1.43. The average Bonchev–Trinajstić information content (AvgIpc) is 3.17. The van der Waals surface area contributed by atoms with Gasteiger partial charge in [0.05, 0.1) is 24.4 Å². The van der Waals surface area contributed by atoms with Gasteiger partial charge in [-0.3, -0.25) is 0 Å². The summed E-state index contributed by atoms with van der Waals surface area (Å²) in [5.74, 6) is 9.86. The Morgan fingerprint density at radius 2 is 0.950 bits per heavy atom. The molecular formula is C18H22O2. The number of hydrogen-bond donors (Lipinski definition) is 0. The van der Waals surface area contributed by atoms with Gasteiger partial charge < -0.3 is 9.47 Å². The molecule has 0 radical (unpaired) electrons.